The van der Waals surface area contributed by atoms with Crippen LogP contribution in [0.15, 0.2) is 29.3 Å². The first-order valence-corrected chi connectivity index (χ1v) is 11.9. The van der Waals surface area contributed by atoms with Crippen molar-refractivity contribution in [2.24, 2.45) is 4.99 Å². The number of guanidine groups is 1. The van der Waals surface area contributed by atoms with E-state index in [0.29, 0.717) is 6.54 Å². The van der Waals surface area contributed by atoms with Crippen LogP contribution >= 0.6 is 0 Å². The molecule has 3 rings (SSSR count). The molecule has 2 aliphatic rings. The highest BCUT2D eigenvalue weighted by Gasteiger charge is 2.27. The van der Waals surface area contributed by atoms with Gasteiger partial charge in [0.2, 0.25) is 0 Å². The average molecular weight is 429 g/mol. The molecule has 7 nitrogen and oxygen atoms in total. The van der Waals surface area contributed by atoms with Crippen LogP contribution in [0.3, 0.4) is 0 Å². The van der Waals surface area contributed by atoms with Gasteiger partial charge in [0.15, 0.2) is 5.96 Å². The van der Waals surface area contributed by atoms with E-state index < -0.39 is 0 Å². The molecular weight excluding hydrogens is 388 g/mol. The first-order chi connectivity index (χ1) is 15.0. The van der Waals surface area contributed by atoms with Crippen LogP contribution in [0.4, 0.5) is 10.5 Å². The number of amides is 2. The Kier molecular flexibility index (Phi) is 8.58. The van der Waals surface area contributed by atoms with Gasteiger partial charge in [-0.3, -0.25) is 4.90 Å². The number of nitrogens with zero attached hydrogens (tertiary/aromatic N) is 3. The summed E-state index contributed by atoms with van der Waals surface area (Å²) >= 11 is 0. The lowest BCUT2D eigenvalue weighted by Gasteiger charge is -2.41. The van der Waals surface area contributed by atoms with E-state index in [1.165, 1.54) is 32.4 Å². The van der Waals surface area contributed by atoms with Crippen LogP contribution in [0.1, 0.15) is 58.4 Å². The van der Waals surface area contributed by atoms with Gasteiger partial charge in [-0.15, -0.1) is 0 Å². The summed E-state index contributed by atoms with van der Waals surface area (Å²) in [6.07, 6.45) is 6.12. The van der Waals surface area contributed by atoms with Crippen molar-refractivity contribution in [3.05, 3.63) is 29.8 Å². The molecule has 2 saturated heterocycles. The van der Waals surface area contributed by atoms with Crippen LogP contribution < -0.4 is 16.0 Å². The SMILES string of the molecule is CCNC(=NCc1cccc(NC(=O)N2CCCC2)c1)NCC(C)(C)N1CCCCC1. The van der Waals surface area contributed by atoms with Crippen LogP contribution in [-0.4, -0.2) is 66.6 Å². The van der Waals surface area contributed by atoms with Gasteiger partial charge in [-0.1, -0.05) is 18.6 Å². The molecule has 0 aromatic heterocycles. The van der Waals surface area contributed by atoms with E-state index in [0.717, 1.165) is 56.2 Å². The van der Waals surface area contributed by atoms with Gasteiger partial charge in [0.1, 0.15) is 0 Å². The molecule has 1 aromatic rings. The van der Waals surface area contributed by atoms with Gasteiger partial charge in [0, 0.05) is 37.4 Å². The Morgan fingerprint density at radius 1 is 1.03 bits per heavy atom. The Morgan fingerprint density at radius 3 is 2.45 bits per heavy atom. The zero-order valence-electron chi connectivity index (χ0n) is 19.5. The Morgan fingerprint density at radius 2 is 1.74 bits per heavy atom. The molecule has 2 heterocycles. The molecule has 1 aromatic carbocycles. The molecule has 0 unspecified atom stereocenters. The lowest BCUT2D eigenvalue weighted by atomic mass is 9.98. The van der Waals surface area contributed by atoms with Gasteiger partial charge in [0.05, 0.1) is 6.54 Å². The molecule has 0 aliphatic carbocycles. The minimum absolute atomic E-state index is 0.00639. The molecule has 172 valence electrons. The number of carbonyl (C=O) groups is 1. The minimum atomic E-state index is -0.00639. The van der Waals surface area contributed by atoms with Gasteiger partial charge >= 0.3 is 6.03 Å². The van der Waals surface area contributed by atoms with Gasteiger partial charge in [-0.05, 0) is 77.2 Å². The largest absolute Gasteiger partial charge is 0.357 e. The standard InChI is InChI=1S/C24H40N6O/c1-4-25-22(27-19-24(2,3)30-15-6-5-7-16-30)26-18-20-11-10-12-21(17-20)28-23(31)29-13-8-9-14-29/h10-12,17H,4-9,13-16,18-19H2,1-3H3,(H,28,31)(H2,25,26,27). The highest BCUT2D eigenvalue weighted by atomic mass is 16.2. The fraction of sp³-hybridized carbons (Fsp3) is 0.667. The number of rotatable bonds is 7. The average Bonchev–Trinajstić information content (AvgIpc) is 3.32. The van der Waals surface area contributed by atoms with E-state index >= 15 is 0 Å². The predicted molar refractivity (Wildman–Crippen MR) is 129 cm³/mol. The van der Waals surface area contributed by atoms with Crippen LogP contribution in [-0.2, 0) is 6.54 Å². The first-order valence-electron chi connectivity index (χ1n) is 11.9. The summed E-state index contributed by atoms with van der Waals surface area (Å²) in [5, 5.41) is 9.91. The summed E-state index contributed by atoms with van der Waals surface area (Å²) in [6.45, 7) is 13.0. The smallest absolute Gasteiger partial charge is 0.321 e. The predicted octanol–water partition coefficient (Wildman–Crippen LogP) is 3.63. The second-order valence-corrected chi connectivity index (χ2v) is 9.23. The van der Waals surface area contributed by atoms with Gasteiger partial charge in [0.25, 0.3) is 0 Å². The maximum Gasteiger partial charge on any atom is 0.321 e. The van der Waals surface area contributed by atoms with Gasteiger partial charge < -0.3 is 20.9 Å². The summed E-state index contributed by atoms with van der Waals surface area (Å²) < 4.78 is 0. The van der Waals surface area contributed by atoms with Crippen LogP contribution in [0, 0.1) is 0 Å². The minimum Gasteiger partial charge on any atom is -0.357 e. The van der Waals surface area contributed by atoms with E-state index in [-0.39, 0.29) is 11.6 Å². The van der Waals surface area contributed by atoms with Crippen molar-refractivity contribution in [1.29, 1.82) is 0 Å². The van der Waals surface area contributed by atoms with Crippen molar-refractivity contribution in [3.8, 4) is 0 Å². The number of hydrogen-bond donors (Lipinski definition) is 3. The number of urea groups is 1. The topological polar surface area (TPSA) is 72.0 Å². The molecule has 0 atom stereocenters. The summed E-state index contributed by atoms with van der Waals surface area (Å²) in [7, 11) is 0. The number of anilines is 1. The maximum absolute atomic E-state index is 12.4. The molecule has 2 fully saturated rings. The Hall–Kier alpha value is -2.28. The third-order valence-corrected chi connectivity index (χ3v) is 6.24. The highest BCUT2D eigenvalue weighted by Crippen LogP contribution is 2.20. The summed E-state index contributed by atoms with van der Waals surface area (Å²) in [5.74, 6) is 0.832. The molecule has 31 heavy (non-hydrogen) atoms. The number of hydrogen-bond acceptors (Lipinski definition) is 3. The van der Waals surface area contributed by atoms with E-state index in [1.54, 1.807) is 0 Å². The highest BCUT2D eigenvalue weighted by molar-refractivity contribution is 5.89. The van der Waals surface area contributed by atoms with Crippen molar-refractivity contribution in [1.82, 2.24) is 20.4 Å². The number of nitrogens with one attached hydrogen (secondary N) is 3. The Bertz CT molecular complexity index is 735. The van der Waals surface area contributed by atoms with Crippen molar-refractivity contribution >= 4 is 17.7 Å². The van der Waals surface area contributed by atoms with Crippen molar-refractivity contribution < 1.29 is 4.79 Å². The van der Waals surface area contributed by atoms with Crippen LogP contribution in [0.5, 0.6) is 0 Å². The lowest BCUT2D eigenvalue weighted by Crippen LogP contribution is -2.54. The lowest BCUT2D eigenvalue weighted by molar-refractivity contribution is 0.0982. The van der Waals surface area contributed by atoms with E-state index in [2.05, 4.69) is 47.7 Å². The molecule has 0 saturated carbocycles. The van der Waals surface area contributed by atoms with Crippen LogP contribution in [0.25, 0.3) is 0 Å². The quantitative estimate of drug-likeness (QED) is 0.458. The normalized spacial score (nSPS) is 18.2. The first kappa shape index (κ1) is 23.4. The van der Waals surface area contributed by atoms with Gasteiger partial charge in [-0.25, -0.2) is 9.79 Å². The number of benzene rings is 1. The van der Waals surface area contributed by atoms with E-state index in [9.17, 15) is 4.79 Å². The summed E-state index contributed by atoms with van der Waals surface area (Å²) in [5.41, 5.74) is 2.00. The van der Waals surface area contributed by atoms with E-state index in [4.69, 9.17) is 4.99 Å². The number of likely N-dealkylation sites (tertiary alicyclic amines) is 2. The monoisotopic (exact) mass is 428 g/mol. The maximum atomic E-state index is 12.4. The number of piperidine rings is 1. The summed E-state index contributed by atoms with van der Waals surface area (Å²) in [4.78, 5) is 21.6. The fourth-order valence-electron chi connectivity index (χ4n) is 4.29. The number of carbonyl (C=O) groups excluding carboxylic acids is 1. The molecule has 2 amide bonds. The second-order valence-electron chi connectivity index (χ2n) is 9.23. The molecule has 7 heteroatoms. The summed E-state index contributed by atoms with van der Waals surface area (Å²) in [6, 6.07) is 7.97. The third-order valence-electron chi connectivity index (χ3n) is 6.24. The molecule has 2 aliphatic heterocycles. The van der Waals surface area contributed by atoms with Crippen molar-refractivity contribution in [3.63, 3.8) is 0 Å². The van der Waals surface area contributed by atoms with Crippen molar-refractivity contribution in [2.75, 3.05) is 44.6 Å². The van der Waals surface area contributed by atoms with E-state index in [1.807, 2.05) is 23.1 Å². The fourth-order valence-corrected chi connectivity index (χ4v) is 4.29. The van der Waals surface area contributed by atoms with Crippen molar-refractivity contribution in [2.45, 2.75) is 65.0 Å². The number of aliphatic imine (C=N–C) groups is 1. The third kappa shape index (κ3) is 7.13. The zero-order chi connectivity index (χ0) is 22.1. The second kappa shape index (κ2) is 11.4. The van der Waals surface area contributed by atoms with Crippen LogP contribution in [0.2, 0.25) is 0 Å². The molecule has 0 bridgehead atoms. The molecule has 0 radical (unpaired) electrons. The molecule has 3 N–H and O–H groups in total. The Balaban J connectivity index is 1.56. The zero-order valence-corrected chi connectivity index (χ0v) is 19.5. The molecule has 0 spiro atoms. The van der Waals surface area contributed by atoms with Gasteiger partial charge in [-0.2, -0.15) is 0 Å². The Labute approximate surface area is 187 Å². The molecular formula is C24H40N6O.